The van der Waals surface area contributed by atoms with E-state index in [2.05, 4.69) is 51.2 Å². The minimum Gasteiger partial charge on any atom is -0.323 e. The molecular weight excluding hydrogens is 508 g/mol. The molecule has 2 fully saturated rings. The molecule has 2 aliphatic heterocycles. The van der Waals surface area contributed by atoms with Crippen molar-refractivity contribution in [2.75, 3.05) is 12.4 Å². The number of benzene rings is 2. The van der Waals surface area contributed by atoms with E-state index in [1.165, 1.54) is 31.2 Å². The van der Waals surface area contributed by atoms with Crippen LogP contribution in [0.1, 0.15) is 57.9 Å². The first-order valence-corrected chi connectivity index (χ1v) is 15.1. The van der Waals surface area contributed by atoms with Crippen molar-refractivity contribution in [3.8, 4) is 11.3 Å². The lowest BCUT2D eigenvalue weighted by Gasteiger charge is -2.36. The number of fused-ring (bicyclic) bond motifs is 3. The highest BCUT2D eigenvalue weighted by molar-refractivity contribution is 7.89. The first-order chi connectivity index (χ1) is 18.6. The summed E-state index contributed by atoms with van der Waals surface area (Å²) in [5.41, 5.74) is 4.14. The molecule has 0 aliphatic carbocycles. The summed E-state index contributed by atoms with van der Waals surface area (Å²) >= 11 is 0. The molecule has 2 atom stereocenters. The molecule has 9 heteroatoms. The Morgan fingerprint density at radius 1 is 0.949 bits per heavy atom. The smallest absolute Gasteiger partial charge is 0.245 e. The average molecular weight is 545 g/mol. The zero-order valence-electron chi connectivity index (χ0n) is 22.9. The maximum atomic E-state index is 12.9. The van der Waals surface area contributed by atoms with Crippen LogP contribution in [0.4, 0.5) is 11.6 Å². The normalized spacial score (nSPS) is 21.9. The summed E-state index contributed by atoms with van der Waals surface area (Å²) in [6, 6.07) is 20.9. The number of hydrogen-bond acceptors (Lipinski definition) is 6. The maximum absolute atomic E-state index is 12.9. The summed E-state index contributed by atoms with van der Waals surface area (Å²) in [5, 5.41) is 8.07. The van der Waals surface area contributed by atoms with Crippen molar-refractivity contribution in [1.82, 2.24) is 24.2 Å². The molecule has 2 saturated heterocycles. The second-order valence-electron chi connectivity index (χ2n) is 12.0. The second kappa shape index (κ2) is 9.73. The summed E-state index contributed by atoms with van der Waals surface area (Å²) < 4.78 is 30.3. The zero-order chi connectivity index (χ0) is 27.4. The molecular formula is C30H36N6O2S. The van der Waals surface area contributed by atoms with Crippen molar-refractivity contribution in [1.29, 1.82) is 0 Å². The molecule has 6 rings (SSSR count). The van der Waals surface area contributed by atoms with E-state index in [1.807, 2.05) is 39.0 Å². The highest BCUT2D eigenvalue weighted by atomic mass is 32.2. The Kier molecular flexibility index (Phi) is 6.48. The Morgan fingerprint density at radius 2 is 1.67 bits per heavy atom. The zero-order valence-corrected chi connectivity index (χ0v) is 23.7. The standard InChI is InChI=1S/C30H36N6O2S/c1-30(2,3)34-39(37,38)27-7-5-6-21(18-27)28-15-14-26-19-31-29(33-36(26)28)32-23-10-8-20(9-11-23)22-16-24-12-13-25(17-22)35(24)4/h5-11,14-15,18-19,22,24-25,34H,12-13,16-17H2,1-4H3,(H,32,33). The number of anilines is 2. The molecule has 0 saturated carbocycles. The lowest BCUT2D eigenvalue weighted by atomic mass is 9.85. The van der Waals surface area contributed by atoms with E-state index in [1.54, 1.807) is 28.9 Å². The van der Waals surface area contributed by atoms with Gasteiger partial charge < -0.3 is 10.2 Å². The van der Waals surface area contributed by atoms with Crippen LogP contribution in [0.2, 0.25) is 0 Å². The fourth-order valence-electron chi connectivity index (χ4n) is 6.11. The molecule has 4 aromatic rings. The van der Waals surface area contributed by atoms with Gasteiger partial charge >= 0.3 is 0 Å². The van der Waals surface area contributed by atoms with Gasteiger partial charge in [-0.2, -0.15) is 0 Å². The SMILES string of the molecule is CN1C2CCC1CC(c1ccc(Nc3ncc4ccc(-c5cccc(S(=O)(=O)NC(C)(C)C)c5)n4n3)cc1)C2. The highest BCUT2D eigenvalue weighted by Gasteiger charge is 2.38. The van der Waals surface area contributed by atoms with Crippen LogP contribution >= 0.6 is 0 Å². The van der Waals surface area contributed by atoms with Crippen molar-refractivity contribution in [2.24, 2.45) is 0 Å². The van der Waals surface area contributed by atoms with E-state index in [9.17, 15) is 8.42 Å². The van der Waals surface area contributed by atoms with Gasteiger partial charge in [-0.15, -0.1) is 5.10 Å². The quantitative estimate of drug-likeness (QED) is 0.330. The van der Waals surface area contributed by atoms with Gasteiger partial charge in [0.15, 0.2) is 0 Å². The van der Waals surface area contributed by atoms with E-state index in [4.69, 9.17) is 5.10 Å². The fourth-order valence-corrected chi connectivity index (χ4v) is 7.58. The third-order valence-corrected chi connectivity index (χ3v) is 9.77. The molecule has 2 aromatic heterocycles. The Labute approximate surface area is 230 Å². The van der Waals surface area contributed by atoms with Gasteiger partial charge in [-0.25, -0.2) is 22.6 Å². The third-order valence-electron chi connectivity index (χ3n) is 8.02. The Hall–Kier alpha value is -3.27. The van der Waals surface area contributed by atoms with Crippen molar-refractivity contribution < 1.29 is 8.42 Å². The topological polar surface area (TPSA) is 91.6 Å². The minimum atomic E-state index is -3.66. The lowest BCUT2D eigenvalue weighted by molar-refractivity contribution is 0.161. The number of nitrogens with one attached hydrogen (secondary N) is 2. The summed E-state index contributed by atoms with van der Waals surface area (Å²) in [6.45, 7) is 5.48. The van der Waals surface area contributed by atoms with E-state index >= 15 is 0 Å². The Morgan fingerprint density at radius 3 is 2.36 bits per heavy atom. The van der Waals surface area contributed by atoms with Gasteiger partial charge in [-0.3, -0.25) is 0 Å². The molecule has 0 amide bonds. The van der Waals surface area contributed by atoms with Gasteiger partial charge in [-0.1, -0.05) is 24.3 Å². The lowest BCUT2D eigenvalue weighted by Crippen LogP contribution is -2.40. The maximum Gasteiger partial charge on any atom is 0.245 e. The van der Waals surface area contributed by atoms with Crippen LogP contribution in [-0.2, 0) is 10.0 Å². The van der Waals surface area contributed by atoms with Crippen LogP contribution < -0.4 is 10.0 Å². The number of sulfonamides is 1. The first-order valence-electron chi connectivity index (χ1n) is 13.6. The molecule has 39 heavy (non-hydrogen) atoms. The van der Waals surface area contributed by atoms with Crippen molar-refractivity contribution in [2.45, 2.75) is 74.9 Å². The van der Waals surface area contributed by atoms with E-state index in [0.717, 1.165) is 34.5 Å². The van der Waals surface area contributed by atoms with Crippen LogP contribution in [0.3, 0.4) is 0 Å². The van der Waals surface area contributed by atoms with E-state index < -0.39 is 15.6 Å². The van der Waals surface area contributed by atoms with Crippen molar-refractivity contribution >= 4 is 27.2 Å². The van der Waals surface area contributed by atoms with Crippen LogP contribution in [-0.4, -0.2) is 52.6 Å². The summed E-state index contributed by atoms with van der Waals surface area (Å²) in [5.74, 6) is 1.10. The van der Waals surface area contributed by atoms with Gasteiger partial charge in [-0.05, 0) is 101 Å². The molecule has 0 spiro atoms. The van der Waals surface area contributed by atoms with Crippen LogP contribution in [0, 0.1) is 0 Å². The summed E-state index contributed by atoms with van der Waals surface area (Å²) in [4.78, 5) is 7.29. The number of piperidine rings is 1. The third kappa shape index (κ3) is 5.31. The molecule has 4 heterocycles. The molecule has 2 aromatic carbocycles. The molecule has 204 valence electrons. The highest BCUT2D eigenvalue weighted by Crippen LogP contribution is 2.42. The number of rotatable bonds is 6. The summed E-state index contributed by atoms with van der Waals surface area (Å²) in [7, 11) is -1.38. The summed E-state index contributed by atoms with van der Waals surface area (Å²) in [6.07, 6.45) is 6.90. The van der Waals surface area contributed by atoms with Gasteiger partial charge in [0.05, 0.1) is 22.3 Å². The predicted molar refractivity (Wildman–Crippen MR) is 155 cm³/mol. The largest absolute Gasteiger partial charge is 0.323 e. The molecule has 2 unspecified atom stereocenters. The monoisotopic (exact) mass is 544 g/mol. The van der Waals surface area contributed by atoms with Crippen LogP contribution in [0.5, 0.6) is 0 Å². The Balaban J connectivity index is 1.22. The average Bonchev–Trinajstić information content (AvgIpc) is 3.37. The molecule has 2 bridgehead atoms. The number of nitrogens with zero attached hydrogens (tertiary/aromatic N) is 4. The van der Waals surface area contributed by atoms with Gasteiger partial charge in [0.25, 0.3) is 0 Å². The van der Waals surface area contributed by atoms with Crippen molar-refractivity contribution in [3.05, 3.63) is 72.4 Å². The van der Waals surface area contributed by atoms with Crippen LogP contribution in [0.15, 0.2) is 71.8 Å². The molecule has 2 N–H and O–H groups in total. The van der Waals surface area contributed by atoms with E-state index in [-0.39, 0.29) is 4.90 Å². The second-order valence-corrected chi connectivity index (χ2v) is 13.7. The number of aromatic nitrogens is 3. The minimum absolute atomic E-state index is 0.218. The molecule has 2 aliphatic rings. The molecule has 0 radical (unpaired) electrons. The molecule has 8 nitrogen and oxygen atoms in total. The fraction of sp³-hybridized carbons (Fsp3) is 0.400. The van der Waals surface area contributed by atoms with Crippen molar-refractivity contribution in [3.63, 3.8) is 0 Å². The van der Waals surface area contributed by atoms with Gasteiger partial charge in [0.1, 0.15) is 0 Å². The van der Waals surface area contributed by atoms with E-state index in [0.29, 0.717) is 11.9 Å². The number of hydrogen-bond donors (Lipinski definition) is 2. The first kappa shape index (κ1) is 26.0. The van der Waals surface area contributed by atoms with Gasteiger partial charge in [0.2, 0.25) is 16.0 Å². The predicted octanol–water partition coefficient (Wildman–Crippen LogP) is 5.56. The van der Waals surface area contributed by atoms with Crippen LogP contribution in [0.25, 0.3) is 16.8 Å². The Bertz CT molecular complexity index is 1590. The van der Waals surface area contributed by atoms with Gasteiger partial charge in [0, 0.05) is 28.9 Å².